The van der Waals surface area contributed by atoms with Crippen LogP contribution < -0.4 is 24.4 Å². The number of nitrogens with one attached hydrogen (secondary N) is 1. The molecule has 1 N–H and O–H groups in total. The van der Waals surface area contributed by atoms with E-state index in [1.165, 1.54) is 33.5 Å². The van der Waals surface area contributed by atoms with Crippen molar-refractivity contribution >= 4 is 29.4 Å². The molecule has 4 atom stereocenters. The van der Waals surface area contributed by atoms with Crippen molar-refractivity contribution in [1.29, 1.82) is 0 Å². The Morgan fingerprint density at radius 3 is 2.42 bits per heavy atom. The molecule has 36 heavy (non-hydrogen) atoms. The van der Waals surface area contributed by atoms with Crippen molar-refractivity contribution in [3.63, 3.8) is 0 Å². The van der Waals surface area contributed by atoms with E-state index in [9.17, 15) is 19.2 Å². The minimum atomic E-state index is -0.960. The molecule has 0 aliphatic carbocycles. The van der Waals surface area contributed by atoms with Crippen LogP contribution in [0, 0.1) is 11.8 Å². The first-order valence-electron chi connectivity index (χ1n) is 12.4. The Labute approximate surface area is 209 Å². The Kier molecular flexibility index (Phi) is 6.40. The molecular formula is C25H32N4O7. The molecule has 5 amide bonds. The van der Waals surface area contributed by atoms with Gasteiger partial charge in [0, 0.05) is 44.2 Å². The third-order valence-corrected chi connectivity index (χ3v) is 7.84. The summed E-state index contributed by atoms with van der Waals surface area (Å²) in [6.45, 7) is 1.84. The van der Waals surface area contributed by atoms with E-state index in [1.807, 2.05) is 9.80 Å². The van der Waals surface area contributed by atoms with Crippen LogP contribution in [0.1, 0.15) is 32.1 Å². The lowest BCUT2D eigenvalue weighted by atomic mass is 9.76. The zero-order valence-corrected chi connectivity index (χ0v) is 20.8. The van der Waals surface area contributed by atoms with Gasteiger partial charge >= 0.3 is 6.03 Å². The molecule has 3 unspecified atom stereocenters. The summed E-state index contributed by atoms with van der Waals surface area (Å²) in [4.78, 5) is 56.5. The van der Waals surface area contributed by atoms with E-state index >= 15 is 0 Å². The van der Waals surface area contributed by atoms with E-state index in [-0.39, 0.29) is 41.8 Å². The number of piperidine rings is 3. The van der Waals surface area contributed by atoms with E-state index in [4.69, 9.17) is 14.2 Å². The molecule has 11 nitrogen and oxygen atoms in total. The summed E-state index contributed by atoms with van der Waals surface area (Å²) in [7, 11) is 4.36. The average Bonchev–Trinajstić information content (AvgIpc) is 3.15. The Hall–Kier alpha value is -3.50. The van der Waals surface area contributed by atoms with Gasteiger partial charge in [0.25, 0.3) is 5.91 Å². The fourth-order valence-electron chi connectivity index (χ4n) is 6.23. The van der Waals surface area contributed by atoms with Crippen molar-refractivity contribution in [3.8, 4) is 17.2 Å². The van der Waals surface area contributed by atoms with E-state index in [2.05, 4.69) is 5.32 Å². The van der Waals surface area contributed by atoms with Gasteiger partial charge in [0.05, 0.1) is 33.4 Å². The van der Waals surface area contributed by atoms with Crippen LogP contribution in [0.4, 0.5) is 10.5 Å². The number of amides is 5. The second kappa shape index (κ2) is 9.51. The van der Waals surface area contributed by atoms with Gasteiger partial charge in [0.15, 0.2) is 11.5 Å². The number of ether oxygens (including phenoxy) is 3. The van der Waals surface area contributed by atoms with Gasteiger partial charge in [0.2, 0.25) is 17.6 Å². The Bertz CT molecular complexity index is 1070. The van der Waals surface area contributed by atoms with Gasteiger partial charge in [0.1, 0.15) is 6.04 Å². The minimum Gasteiger partial charge on any atom is -0.493 e. The van der Waals surface area contributed by atoms with Gasteiger partial charge in [-0.1, -0.05) is 0 Å². The number of methoxy groups -OCH3 is 3. The quantitative estimate of drug-likeness (QED) is 0.587. The molecule has 0 radical (unpaired) electrons. The molecule has 5 rings (SSSR count). The maximum Gasteiger partial charge on any atom is 0.329 e. The maximum absolute atomic E-state index is 13.3. The molecule has 0 saturated carbocycles. The molecule has 11 heteroatoms. The average molecular weight is 501 g/mol. The van der Waals surface area contributed by atoms with Gasteiger partial charge in [-0.2, -0.15) is 0 Å². The van der Waals surface area contributed by atoms with Crippen molar-refractivity contribution in [2.24, 2.45) is 11.8 Å². The molecular weight excluding hydrogens is 468 g/mol. The molecule has 0 spiro atoms. The highest BCUT2D eigenvalue weighted by atomic mass is 16.5. The van der Waals surface area contributed by atoms with Crippen LogP contribution in [0.2, 0.25) is 0 Å². The number of carbonyl (C=O) groups is 4. The number of carbonyl (C=O) groups excluding carboxylic acids is 4. The number of benzene rings is 1. The number of urea groups is 1. The summed E-state index contributed by atoms with van der Waals surface area (Å²) in [5.74, 6) is 1.02. The lowest BCUT2D eigenvalue weighted by Gasteiger charge is -2.52. The summed E-state index contributed by atoms with van der Waals surface area (Å²) in [5.41, 5.74) is 0.261. The Morgan fingerprint density at radius 1 is 1.03 bits per heavy atom. The molecule has 1 aromatic carbocycles. The molecule has 194 valence electrons. The van der Waals surface area contributed by atoms with E-state index in [0.717, 1.165) is 24.2 Å². The normalized spacial score (nSPS) is 27.5. The number of anilines is 1. The molecule has 4 saturated heterocycles. The number of imide groups is 1. The Morgan fingerprint density at radius 2 is 1.75 bits per heavy atom. The predicted octanol–water partition coefficient (Wildman–Crippen LogP) is 1.39. The van der Waals surface area contributed by atoms with Crippen LogP contribution in [0.5, 0.6) is 17.2 Å². The first kappa shape index (κ1) is 24.2. The van der Waals surface area contributed by atoms with Crippen LogP contribution in [0.25, 0.3) is 0 Å². The number of rotatable bonds is 6. The number of hydrogen-bond donors (Lipinski definition) is 1. The van der Waals surface area contributed by atoms with Gasteiger partial charge in [-0.15, -0.1) is 0 Å². The van der Waals surface area contributed by atoms with Gasteiger partial charge in [-0.25, -0.2) is 9.69 Å². The molecule has 4 fully saturated rings. The third kappa shape index (κ3) is 4.10. The number of fused-ring (bicyclic) bond motifs is 4. The molecule has 2 bridgehead atoms. The lowest BCUT2D eigenvalue weighted by Crippen LogP contribution is -2.61. The fourth-order valence-corrected chi connectivity index (χ4v) is 6.23. The number of likely N-dealkylation sites (tertiary alicyclic amines) is 1. The topological polar surface area (TPSA) is 118 Å². The highest BCUT2D eigenvalue weighted by Crippen LogP contribution is 2.42. The van der Waals surface area contributed by atoms with Gasteiger partial charge in [-0.3, -0.25) is 14.4 Å². The summed E-state index contributed by atoms with van der Waals surface area (Å²) in [6.07, 6.45) is 3.40. The smallest absolute Gasteiger partial charge is 0.329 e. The van der Waals surface area contributed by atoms with Crippen LogP contribution in [-0.2, 0) is 14.4 Å². The van der Waals surface area contributed by atoms with Crippen molar-refractivity contribution in [2.75, 3.05) is 45.9 Å². The van der Waals surface area contributed by atoms with E-state index in [1.54, 1.807) is 0 Å². The summed E-state index contributed by atoms with van der Waals surface area (Å²) < 4.78 is 16.0. The van der Waals surface area contributed by atoms with E-state index in [0.29, 0.717) is 43.3 Å². The molecule has 4 heterocycles. The van der Waals surface area contributed by atoms with Gasteiger partial charge in [-0.05, 0) is 31.1 Å². The zero-order valence-electron chi connectivity index (χ0n) is 20.8. The van der Waals surface area contributed by atoms with Crippen LogP contribution in [-0.4, -0.2) is 86.6 Å². The van der Waals surface area contributed by atoms with Crippen LogP contribution in [0.3, 0.4) is 0 Å². The second-order valence-electron chi connectivity index (χ2n) is 9.93. The third-order valence-electron chi connectivity index (χ3n) is 7.84. The molecule has 4 aliphatic heterocycles. The fraction of sp³-hybridized carbons (Fsp3) is 0.600. The van der Waals surface area contributed by atoms with E-state index < -0.39 is 18.0 Å². The molecule has 4 aliphatic rings. The standard InChI is InChI=1S/C25H32N4O7/c1-34-19-8-16(9-20(35-2)23(19)36-3)29-24(32)17(26-25(29)33)10-22(31)27-11-14-7-15(13-27)18-5-4-6-21(30)28(18)12-14/h8-9,14-15,17-18H,4-7,10-13H2,1-3H3,(H,26,33)/t14?,15?,17-,18?/m0/s1. The zero-order chi connectivity index (χ0) is 25.6. The van der Waals surface area contributed by atoms with Crippen molar-refractivity contribution in [3.05, 3.63) is 12.1 Å². The molecule has 0 aromatic heterocycles. The highest BCUT2D eigenvalue weighted by molar-refractivity contribution is 6.22. The summed E-state index contributed by atoms with van der Waals surface area (Å²) >= 11 is 0. The second-order valence-corrected chi connectivity index (χ2v) is 9.93. The monoisotopic (exact) mass is 500 g/mol. The largest absolute Gasteiger partial charge is 0.493 e. The highest BCUT2D eigenvalue weighted by Gasteiger charge is 2.46. The van der Waals surface area contributed by atoms with Crippen LogP contribution >= 0.6 is 0 Å². The lowest BCUT2D eigenvalue weighted by molar-refractivity contribution is -0.149. The SMILES string of the molecule is COc1cc(N2C(=O)N[C@@H](CC(=O)N3CC4CC(C3)C3CCCC(=O)N3C4)C2=O)cc(OC)c1OC. The first-order chi connectivity index (χ1) is 17.3. The number of hydrogen-bond acceptors (Lipinski definition) is 7. The van der Waals surface area contributed by atoms with Crippen molar-refractivity contribution in [1.82, 2.24) is 15.1 Å². The Balaban J connectivity index is 1.28. The van der Waals surface area contributed by atoms with Crippen molar-refractivity contribution in [2.45, 2.75) is 44.2 Å². The minimum absolute atomic E-state index is 0.113. The summed E-state index contributed by atoms with van der Waals surface area (Å²) in [6, 6.07) is 1.66. The van der Waals surface area contributed by atoms with Crippen LogP contribution in [0.15, 0.2) is 12.1 Å². The maximum atomic E-state index is 13.3. The first-order valence-corrected chi connectivity index (χ1v) is 12.4. The van der Waals surface area contributed by atoms with Crippen molar-refractivity contribution < 1.29 is 33.4 Å². The summed E-state index contributed by atoms with van der Waals surface area (Å²) in [5, 5.41) is 2.65. The predicted molar refractivity (Wildman–Crippen MR) is 128 cm³/mol. The number of nitrogens with zero attached hydrogens (tertiary/aromatic N) is 3. The molecule has 1 aromatic rings. The van der Waals surface area contributed by atoms with Gasteiger partial charge < -0.3 is 29.3 Å².